The van der Waals surface area contributed by atoms with Crippen LogP contribution < -0.4 is 4.74 Å². The van der Waals surface area contributed by atoms with Crippen molar-refractivity contribution in [2.45, 2.75) is 20.0 Å². The quantitative estimate of drug-likeness (QED) is 0.620. The highest BCUT2D eigenvalue weighted by atomic mass is 32.2. The van der Waals surface area contributed by atoms with Crippen LogP contribution in [0.25, 0.3) is 6.08 Å². The van der Waals surface area contributed by atoms with Crippen molar-refractivity contribution >= 4 is 40.5 Å². The zero-order valence-electron chi connectivity index (χ0n) is 19.0. The highest BCUT2D eigenvalue weighted by Crippen LogP contribution is 2.35. The minimum absolute atomic E-state index is 0.0312. The first-order valence-electron chi connectivity index (χ1n) is 10.9. The van der Waals surface area contributed by atoms with Crippen LogP contribution in [0.4, 0.5) is 5.69 Å². The van der Waals surface area contributed by atoms with E-state index in [9.17, 15) is 9.59 Å². The summed E-state index contributed by atoms with van der Waals surface area (Å²) in [4.78, 5) is 34.2. The van der Waals surface area contributed by atoms with Crippen molar-refractivity contribution in [2.75, 3.05) is 33.4 Å². The summed E-state index contributed by atoms with van der Waals surface area (Å²) in [5.74, 6) is 0.570. The fraction of sp³-hybridized carbons (Fsp3) is 0.320. The van der Waals surface area contributed by atoms with Crippen molar-refractivity contribution in [3.63, 3.8) is 0 Å². The summed E-state index contributed by atoms with van der Waals surface area (Å²) in [6.07, 6.45) is 1.87. The van der Waals surface area contributed by atoms with Crippen molar-refractivity contribution in [3.05, 3.63) is 64.6 Å². The molecule has 0 saturated carbocycles. The summed E-state index contributed by atoms with van der Waals surface area (Å²) >= 11 is 1.31. The molecule has 2 amide bonds. The van der Waals surface area contributed by atoms with Crippen LogP contribution in [0.2, 0.25) is 0 Å². The third kappa shape index (κ3) is 5.46. The Labute approximate surface area is 198 Å². The van der Waals surface area contributed by atoms with Gasteiger partial charge in [-0.1, -0.05) is 24.3 Å². The van der Waals surface area contributed by atoms with Crippen molar-refractivity contribution in [1.29, 1.82) is 0 Å². The number of amides is 2. The van der Waals surface area contributed by atoms with Gasteiger partial charge in [-0.25, -0.2) is 4.99 Å². The molecule has 0 spiro atoms. The van der Waals surface area contributed by atoms with Crippen LogP contribution in [0.1, 0.15) is 29.8 Å². The van der Waals surface area contributed by atoms with Gasteiger partial charge in [0.25, 0.3) is 11.8 Å². The Balaban J connectivity index is 1.56. The molecule has 8 heteroatoms. The SMILES string of the molecule is CC(C)Oc1ccccc1/C=C1/SC(=Nc2cccc(C(=O)N3CCOCC3)c2)N(C)C1=O. The van der Waals surface area contributed by atoms with Gasteiger partial charge in [-0.05, 0) is 56.0 Å². The maximum atomic E-state index is 12.9. The van der Waals surface area contributed by atoms with E-state index in [0.717, 1.165) is 11.3 Å². The number of carbonyl (C=O) groups excluding carboxylic acids is 2. The molecule has 0 aliphatic carbocycles. The van der Waals surface area contributed by atoms with Crippen molar-refractivity contribution in [2.24, 2.45) is 4.99 Å². The zero-order valence-corrected chi connectivity index (χ0v) is 19.8. The van der Waals surface area contributed by atoms with E-state index in [2.05, 4.69) is 4.99 Å². The number of para-hydroxylation sites is 1. The molecule has 2 aromatic carbocycles. The fourth-order valence-corrected chi connectivity index (χ4v) is 4.50. The molecule has 2 aliphatic rings. The van der Waals surface area contributed by atoms with E-state index in [0.29, 0.717) is 47.6 Å². The second-order valence-corrected chi connectivity index (χ2v) is 9.04. The van der Waals surface area contributed by atoms with E-state index in [-0.39, 0.29) is 17.9 Å². The molecule has 4 rings (SSSR count). The standard InChI is InChI=1S/C25H27N3O4S/c1-17(2)32-21-10-5-4-7-18(21)16-22-24(30)27(3)25(33-22)26-20-9-6-8-19(15-20)23(29)28-11-13-31-14-12-28/h4-10,15-17H,11-14H2,1-3H3/b22-16+,26-25?. The molecule has 2 saturated heterocycles. The summed E-state index contributed by atoms with van der Waals surface area (Å²) < 4.78 is 11.2. The molecule has 2 heterocycles. The molecule has 2 fully saturated rings. The number of carbonyl (C=O) groups is 2. The smallest absolute Gasteiger partial charge is 0.266 e. The van der Waals surface area contributed by atoms with Gasteiger partial charge in [-0.2, -0.15) is 0 Å². The summed E-state index contributed by atoms with van der Waals surface area (Å²) in [6, 6.07) is 14.8. The number of rotatable bonds is 5. The predicted molar refractivity (Wildman–Crippen MR) is 131 cm³/mol. The molecular formula is C25H27N3O4S. The summed E-state index contributed by atoms with van der Waals surface area (Å²) in [7, 11) is 1.70. The number of benzene rings is 2. The van der Waals surface area contributed by atoms with E-state index in [4.69, 9.17) is 9.47 Å². The number of aliphatic imine (C=N–C) groups is 1. The van der Waals surface area contributed by atoms with E-state index >= 15 is 0 Å². The molecule has 0 radical (unpaired) electrons. The minimum atomic E-state index is -0.126. The topological polar surface area (TPSA) is 71.4 Å². The number of amidine groups is 1. The lowest BCUT2D eigenvalue weighted by Gasteiger charge is -2.26. The Hall–Kier alpha value is -3.10. The van der Waals surface area contributed by atoms with Gasteiger partial charge in [0.15, 0.2) is 5.17 Å². The van der Waals surface area contributed by atoms with Gasteiger partial charge in [0.1, 0.15) is 5.75 Å². The molecule has 33 heavy (non-hydrogen) atoms. The number of hydrogen-bond acceptors (Lipinski definition) is 6. The number of nitrogens with zero attached hydrogens (tertiary/aromatic N) is 3. The molecule has 0 atom stereocenters. The van der Waals surface area contributed by atoms with Crippen LogP contribution in [0, 0.1) is 0 Å². The lowest BCUT2D eigenvalue weighted by molar-refractivity contribution is -0.121. The lowest BCUT2D eigenvalue weighted by Crippen LogP contribution is -2.40. The Bertz CT molecular complexity index is 1110. The fourth-order valence-electron chi connectivity index (χ4n) is 3.52. The van der Waals surface area contributed by atoms with Gasteiger partial charge in [0.05, 0.1) is 29.9 Å². The molecule has 172 valence electrons. The van der Waals surface area contributed by atoms with Crippen molar-refractivity contribution in [1.82, 2.24) is 9.80 Å². The van der Waals surface area contributed by atoms with E-state index < -0.39 is 0 Å². The predicted octanol–water partition coefficient (Wildman–Crippen LogP) is 4.18. The van der Waals surface area contributed by atoms with Gasteiger partial charge in [0.2, 0.25) is 0 Å². The van der Waals surface area contributed by atoms with Crippen LogP contribution >= 0.6 is 11.8 Å². The third-order valence-corrected chi connectivity index (χ3v) is 6.25. The monoisotopic (exact) mass is 465 g/mol. The van der Waals surface area contributed by atoms with Crippen LogP contribution in [0.15, 0.2) is 58.4 Å². The number of thioether (sulfide) groups is 1. The van der Waals surface area contributed by atoms with Gasteiger partial charge >= 0.3 is 0 Å². The number of morpholine rings is 1. The normalized spacial score (nSPS) is 19.1. The number of ether oxygens (including phenoxy) is 2. The first-order valence-corrected chi connectivity index (χ1v) is 11.7. The Morgan fingerprint density at radius 3 is 2.67 bits per heavy atom. The Morgan fingerprint density at radius 1 is 1.15 bits per heavy atom. The van der Waals surface area contributed by atoms with Crippen LogP contribution in [0.3, 0.4) is 0 Å². The van der Waals surface area contributed by atoms with Crippen LogP contribution in [0.5, 0.6) is 5.75 Å². The van der Waals surface area contributed by atoms with Gasteiger partial charge in [0, 0.05) is 31.3 Å². The van der Waals surface area contributed by atoms with Crippen LogP contribution in [-0.4, -0.2) is 66.2 Å². The number of likely N-dealkylation sites (N-methyl/N-ethyl adjacent to an activating group) is 1. The first-order chi connectivity index (χ1) is 15.9. The number of hydrogen-bond donors (Lipinski definition) is 0. The lowest BCUT2D eigenvalue weighted by atomic mass is 10.1. The molecule has 2 aliphatic heterocycles. The van der Waals surface area contributed by atoms with E-state index in [1.807, 2.05) is 56.3 Å². The highest BCUT2D eigenvalue weighted by Gasteiger charge is 2.30. The maximum Gasteiger partial charge on any atom is 0.266 e. The Morgan fingerprint density at radius 2 is 1.91 bits per heavy atom. The summed E-state index contributed by atoms with van der Waals surface area (Å²) in [5.41, 5.74) is 2.04. The Kier molecular flexibility index (Phi) is 7.15. The summed E-state index contributed by atoms with van der Waals surface area (Å²) in [5, 5.41) is 0.560. The average molecular weight is 466 g/mol. The zero-order chi connectivity index (χ0) is 23.4. The second kappa shape index (κ2) is 10.2. The largest absolute Gasteiger partial charge is 0.490 e. The molecule has 0 aromatic heterocycles. The maximum absolute atomic E-state index is 12.9. The van der Waals surface area contributed by atoms with Crippen molar-refractivity contribution in [3.8, 4) is 5.75 Å². The highest BCUT2D eigenvalue weighted by molar-refractivity contribution is 8.18. The molecule has 7 nitrogen and oxygen atoms in total. The van der Waals surface area contributed by atoms with Gasteiger partial charge in [-0.3, -0.25) is 14.5 Å². The molecule has 2 aromatic rings. The van der Waals surface area contributed by atoms with Crippen LogP contribution in [-0.2, 0) is 9.53 Å². The second-order valence-electron chi connectivity index (χ2n) is 8.03. The molecule has 0 unspecified atom stereocenters. The van der Waals surface area contributed by atoms with Crippen molar-refractivity contribution < 1.29 is 19.1 Å². The summed E-state index contributed by atoms with van der Waals surface area (Å²) in [6.45, 7) is 6.21. The first kappa shape index (κ1) is 23.1. The van der Waals surface area contributed by atoms with E-state index in [1.165, 1.54) is 16.7 Å². The van der Waals surface area contributed by atoms with Gasteiger partial charge in [-0.15, -0.1) is 0 Å². The molecule has 0 bridgehead atoms. The van der Waals surface area contributed by atoms with E-state index in [1.54, 1.807) is 24.1 Å². The molecular weight excluding hydrogens is 438 g/mol. The third-order valence-electron chi connectivity index (χ3n) is 5.19. The average Bonchev–Trinajstić information content (AvgIpc) is 3.08. The molecule has 0 N–H and O–H groups in total. The minimum Gasteiger partial charge on any atom is -0.490 e. The van der Waals surface area contributed by atoms with Gasteiger partial charge < -0.3 is 14.4 Å².